The summed E-state index contributed by atoms with van der Waals surface area (Å²) in [4.78, 5) is 0.277. The Labute approximate surface area is 187 Å². The molecule has 2 aliphatic heterocycles. The zero-order chi connectivity index (χ0) is 22.3. The smallest absolute Gasteiger partial charge is 0.243 e. The molecule has 6 nitrogen and oxygen atoms in total. The summed E-state index contributed by atoms with van der Waals surface area (Å²) in [6.07, 6.45) is 0.669. The molecule has 0 aromatic heterocycles. The Morgan fingerprint density at radius 3 is 2.56 bits per heavy atom. The molecule has 0 aliphatic carbocycles. The lowest BCUT2D eigenvalue weighted by atomic mass is 9.82. The third-order valence-corrected chi connectivity index (χ3v) is 8.39. The maximum Gasteiger partial charge on any atom is 0.243 e. The maximum absolute atomic E-state index is 13.5. The second-order valence-electron chi connectivity index (χ2n) is 8.25. The minimum atomic E-state index is -3.69. The van der Waals surface area contributed by atoms with Gasteiger partial charge in [0.1, 0.15) is 0 Å². The number of nitriles is 1. The molecule has 0 unspecified atom stereocenters. The topological polar surface area (TPSA) is 93.4 Å². The van der Waals surface area contributed by atoms with Gasteiger partial charge in [-0.25, -0.2) is 8.42 Å². The Bertz CT molecular complexity index is 1300. The van der Waals surface area contributed by atoms with Crippen molar-refractivity contribution in [2.75, 3.05) is 18.5 Å². The van der Waals surface area contributed by atoms with Gasteiger partial charge < -0.3 is 10.4 Å². The molecule has 7 heteroatoms. The highest BCUT2D eigenvalue weighted by Gasteiger charge is 2.48. The van der Waals surface area contributed by atoms with Gasteiger partial charge in [0.05, 0.1) is 35.2 Å². The predicted molar refractivity (Wildman–Crippen MR) is 122 cm³/mol. The first-order valence-corrected chi connectivity index (χ1v) is 12.1. The van der Waals surface area contributed by atoms with Gasteiger partial charge in [-0.3, -0.25) is 0 Å². The van der Waals surface area contributed by atoms with E-state index in [0.29, 0.717) is 18.5 Å². The normalized spacial score (nSPS) is 22.4. The van der Waals surface area contributed by atoms with E-state index < -0.39 is 10.0 Å². The van der Waals surface area contributed by atoms with Crippen LogP contribution in [-0.4, -0.2) is 37.0 Å². The van der Waals surface area contributed by atoms with Gasteiger partial charge in [0, 0.05) is 18.2 Å². The van der Waals surface area contributed by atoms with Crippen molar-refractivity contribution in [1.82, 2.24) is 4.31 Å². The summed E-state index contributed by atoms with van der Waals surface area (Å²) < 4.78 is 28.7. The van der Waals surface area contributed by atoms with Gasteiger partial charge in [-0.05, 0) is 59.5 Å². The molecular weight excluding hydrogens is 422 g/mol. The van der Waals surface area contributed by atoms with Crippen LogP contribution in [0.1, 0.15) is 23.6 Å². The van der Waals surface area contributed by atoms with E-state index in [4.69, 9.17) is 0 Å². The summed E-state index contributed by atoms with van der Waals surface area (Å²) in [5, 5.41) is 22.7. The molecule has 32 heavy (non-hydrogen) atoms. The first kappa shape index (κ1) is 20.7. The molecule has 2 heterocycles. The molecule has 0 spiro atoms. The van der Waals surface area contributed by atoms with Crippen LogP contribution in [0.4, 0.5) is 5.69 Å². The average Bonchev–Trinajstić information content (AvgIpc) is 3.30. The minimum absolute atomic E-state index is 0.0355. The van der Waals surface area contributed by atoms with Crippen molar-refractivity contribution in [3.8, 4) is 17.2 Å². The van der Waals surface area contributed by atoms with Crippen LogP contribution in [0.3, 0.4) is 0 Å². The summed E-state index contributed by atoms with van der Waals surface area (Å²) in [5.41, 5.74) is 4.14. The van der Waals surface area contributed by atoms with Crippen LogP contribution in [-0.2, 0) is 10.0 Å². The number of hydrogen-bond acceptors (Lipinski definition) is 5. The lowest BCUT2D eigenvalue weighted by molar-refractivity contribution is 0.210. The Hall–Kier alpha value is -3.18. The lowest BCUT2D eigenvalue weighted by Crippen LogP contribution is -2.42. The van der Waals surface area contributed by atoms with Gasteiger partial charge in [0.2, 0.25) is 10.0 Å². The van der Waals surface area contributed by atoms with E-state index in [-0.39, 0.29) is 29.5 Å². The van der Waals surface area contributed by atoms with Crippen molar-refractivity contribution in [1.29, 1.82) is 5.26 Å². The second kappa shape index (κ2) is 8.06. The lowest BCUT2D eigenvalue weighted by Gasteiger charge is -2.39. The highest BCUT2D eigenvalue weighted by molar-refractivity contribution is 7.89. The van der Waals surface area contributed by atoms with E-state index in [1.54, 1.807) is 40.7 Å². The van der Waals surface area contributed by atoms with Gasteiger partial charge >= 0.3 is 0 Å². The molecule has 162 valence electrons. The molecule has 3 atom stereocenters. The maximum atomic E-state index is 13.5. The molecule has 3 aromatic carbocycles. The number of anilines is 1. The van der Waals surface area contributed by atoms with E-state index in [1.807, 2.05) is 36.4 Å². The van der Waals surface area contributed by atoms with Gasteiger partial charge in [-0.2, -0.15) is 9.57 Å². The zero-order valence-electron chi connectivity index (χ0n) is 17.3. The summed E-state index contributed by atoms with van der Waals surface area (Å²) in [6.45, 7) is 0.337. The van der Waals surface area contributed by atoms with Crippen LogP contribution in [0.5, 0.6) is 0 Å². The number of hydrogen-bond donors (Lipinski definition) is 2. The molecule has 0 amide bonds. The van der Waals surface area contributed by atoms with Gasteiger partial charge in [-0.1, -0.05) is 36.4 Å². The van der Waals surface area contributed by atoms with E-state index in [2.05, 4.69) is 11.4 Å². The summed E-state index contributed by atoms with van der Waals surface area (Å²) in [7, 11) is -3.69. The SMILES string of the molecule is N#Cc1cccc(-c2ccc3c(c2)[C@@H]2[C@@H](CCN2S(=O)(=O)c2ccccc2)[C@H](CO)N3)c1. The fourth-order valence-corrected chi connectivity index (χ4v) is 6.65. The molecular formula is C25H23N3O3S. The highest BCUT2D eigenvalue weighted by atomic mass is 32.2. The molecule has 0 radical (unpaired) electrons. The van der Waals surface area contributed by atoms with Crippen molar-refractivity contribution in [3.63, 3.8) is 0 Å². The molecule has 0 bridgehead atoms. The summed E-state index contributed by atoms with van der Waals surface area (Å²) >= 11 is 0. The number of benzene rings is 3. The third-order valence-electron chi connectivity index (χ3n) is 6.50. The first-order valence-electron chi connectivity index (χ1n) is 10.6. The van der Waals surface area contributed by atoms with Gasteiger partial charge in [-0.15, -0.1) is 0 Å². The molecule has 0 saturated carbocycles. The zero-order valence-corrected chi connectivity index (χ0v) is 18.2. The van der Waals surface area contributed by atoms with Crippen LogP contribution >= 0.6 is 0 Å². The van der Waals surface area contributed by atoms with E-state index in [1.165, 1.54) is 0 Å². The first-order chi connectivity index (χ1) is 15.5. The molecule has 2 N–H and O–H groups in total. The Morgan fingerprint density at radius 2 is 1.81 bits per heavy atom. The van der Waals surface area contributed by atoms with Crippen LogP contribution in [0, 0.1) is 17.2 Å². The molecule has 5 rings (SSSR count). The van der Waals surface area contributed by atoms with E-state index in [0.717, 1.165) is 22.4 Å². The third kappa shape index (κ3) is 3.37. The number of rotatable bonds is 4. The fraction of sp³-hybridized carbons (Fsp3) is 0.240. The van der Waals surface area contributed by atoms with E-state index >= 15 is 0 Å². The summed E-state index contributed by atoms with van der Waals surface area (Å²) in [5.74, 6) is -0.0355. The predicted octanol–water partition coefficient (Wildman–Crippen LogP) is 3.76. The van der Waals surface area contributed by atoms with Crippen LogP contribution in [0.15, 0.2) is 77.7 Å². The monoisotopic (exact) mass is 445 g/mol. The van der Waals surface area contributed by atoms with Crippen molar-refractivity contribution < 1.29 is 13.5 Å². The number of aliphatic hydroxyl groups is 1. The Morgan fingerprint density at radius 1 is 1.03 bits per heavy atom. The van der Waals surface area contributed by atoms with Crippen LogP contribution in [0.25, 0.3) is 11.1 Å². The molecule has 3 aromatic rings. The summed E-state index contributed by atoms with van der Waals surface area (Å²) in [6, 6.07) is 23.4. The van der Waals surface area contributed by atoms with Crippen molar-refractivity contribution >= 4 is 15.7 Å². The fourth-order valence-electron chi connectivity index (χ4n) is 4.97. The van der Waals surface area contributed by atoms with Gasteiger partial charge in [0.25, 0.3) is 0 Å². The van der Waals surface area contributed by atoms with E-state index in [9.17, 15) is 18.8 Å². The van der Waals surface area contributed by atoms with Crippen LogP contribution in [0.2, 0.25) is 0 Å². The Kier molecular flexibility index (Phi) is 5.22. The molecule has 1 fully saturated rings. The largest absolute Gasteiger partial charge is 0.394 e. The molecule has 1 saturated heterocycles. The second-order valence-corrected chi connectivity index (χ2v) is 10.1. The van der Waals surface area contributed by atoms with Crippen molar-refractivity contribution in [3.05, 3.63) is 83.9 Å². The Balaban J connectivity index is 1.62. The standard InChI is InChI=1S/C25H23N3O3S/c26-15-17-5-4-6-18(13-17)19-9-10-23-22(14-19)25-21(24(16-29)27-23)11-12-28(25)32(30,31)20-7-2-1-3-8-20/h1-10,13-14,21,24-25,27,29H,11-12,16H2/t21-,24-,25-/m0/s1. The minimum Gasteiger partial charge on any atom is -0.394 e. The van der Waals surface area contributed by atoms with Crippen molar-refractivity contribution in [2.45, 2.75) is 23.4 Å². The molecule has 2 aliphatic rings. The highest BCUT2D eigenvalue weighted by Crippen LogP contribution is 2.49. The number of aliphatic hydroxyl groups excluding tert-OH is 1. The average molecular weight is 446 g/mol. The quantitative estimate of drug-likeness (QED) is 0.638. The van der Waals surface area contributed by atoms with Crippen LogP contribution < -0.4 is 5.32 Å². The number of fused-ring (bicyclic) bond motifs is 3. The van der Waals surface area contributed by atoms with Crippen molar-refractivity contribution in [2.24, 2.45) is 5.92 Å². The number of nitrogens with one attached hydrogen (secondary N) is 1. The number of sulfonamides is 1. The number of nitrogens with zero attached hydrogens (tertiary/aromatic N) is 2. The van der Waals surface area contributed by atoms with Gasteiger partial charge in [0.15, 0.2) is 0 Å².